The second-order valence-corrected chi connectivity index (χ2v) is 8.81. The molecule has 0 aromatic heterocycles. The number of hydrazine groups is 1. The number of alkyl halides is 3. The summed E-state index contributed by atoms with van der Waals surface area (Å²) in [5, 5.41) is -0.147. The summed E-state index contributed by atoms with van der Waals surface area (Å²) in [4.78, 5) is 12.7. The number of thiocarbonyl (C=S) groups is 1. The van der Waals surface area contributed by atoms with Crippen LogP contribution in [0.4, 0.5) is 13.2 Å². The minimum absolute atomic E-state index is 0.0102. The first-order chi connectivity index (χ1) is 14.4. The Hall–Kier alpha value is -1.32. The molecule has 0 aliphatic carbocycles. The third kappa shape index (κ3) is 7.08. The molecular weight excluding hydrogens is 560 g/mol. The second-order valence-electron chi connectivity index (χ2n) is 6.27. The summed E-state index contributed by atoms with van der Waals surface area (Å²) in [5.74, 6) is -2.41. The molecule has 2 N–H and O–H groups in total. The fraction of sp³-hybridized carbons (Fsp3) is 0.200. The summed E-state index contributed by atoms with van der Waals surface area (Å²) in [6.07, 6.45) is -1.74. The maximum absolute atomic E-state index is 13.7. The zero-order chi connectivity index (χ0) is 23.3. The van der Waals surface area contributed by atoms with E-state index in [0.29, 0.717) is 21.4 Å². The van der Waals surface area contributed by atoms with E-state index in [1.807, 2.05) is 6.92 Å². The molecule has 3 nitrogen and oxygen atoms in total. The summed E-state index contributed by atoms with van der Waals surface area (Å²) < 4.78 is 41.4. The van der Waals surface area contributed by atoms with E-state index in [9.17, 15) is 18.0 Å². The fourth-order valence-corrected chi connectivity index (χ4v) is 3.71. The number of benzene rings is 2. The van der Waals surface area contributed by atoms with Crippen molar-refractivity contribution in [3.8, 4) is 0 Å². The fourth-order valence-electron chi connectivity index (χ4n) is 2.47. The quantitative estimate of drug-likeness (QED) is 0.218. The van der Waals surface area contributed by atoms with Crippen molar-refractivity contribution in [1.29, 1.82) is 0 Å². The Morgan fingerprint density at radius 2 is 1.77 bits per heavy atom. The first-order valence-corrected chi connectivity index (χ1v) is 11.1. The number of carbonyl (C=O) groups is 1. The van der Waals surface area contributed by atoms with Crippen molar-refractivity contribution in [2.24, 2.45) is 0 Å². The van der Waals surface area contributed by atoms with E-state index in [4.69, 9.17) is 47.0 Å². The van der Waals surface area contributed by atoms with Crippen LogP contribution in [0.25, 0.3) is 6.08 Å². The molecule has 0 spiro atoms. The highest BCUT2D eigenvalue weighted by atomic mass is 79.9. The van der Waals surface area contributed by atoms with Gasteiger partial charge in [-0.05, 0) is 57.7 Å². The molecule has 11 heteroatoms. The van der Waals surface area contributed by atoms with Gasteiger partial charge in [0, 0.05) is 4.47 Å². The zero-order valence-corrected chi connectivity index (χ0v) is 20.5. The van der Waals surface area contributed by atoms with Crippen molar-refractivity contribution in [2.45, 2.75) is 25.4 Å². The van der Waals surface area contributed by atoms with Crippen LogP contribution >= 0.6 is 63.0 Å². The van der Waals surface area contributed by atoms with Gasteiger partial charge in [0.2, 0.25) is 0 Å². The minimum atomic E-state index is -4.59. The van der Waals surface area contributed by atoms with Crippen LogP contribution in [0.3, 0.4) is 0 Å². The van der Waals surface area contributed by atoms with Crippen molar-refractivity contribution in [1.82, 2.24) is 10.9 Å². The Bertz CT molecular complexity index is 1010. The van der Waals surface area contributed by atoms with Gasteiger partial charge >= 0.3 is 6.18 Å². The molecule has 0 radical (unpaired) electrons. The van der Waals surface area contributed by atoms with E-state index in [1.165, 1.54) is 24.3 Å². The molecule has 2 aromatic rings. The molecule has 1 amide bonds. The van der Waals surface area contributed by atoms with E-state index in [1.54, 1.807) is 0 Å². The summed E-state index contributed by atoms with van der Waals surface area (Å²) in [5.41, 5.74) is 5.64. The number of rotatable bonds is 5. The van der Waals surface area contributed by atoms with Crippen LogP contribution in [0.5, 0.6) is 0 Å². The van der Waals surface area contributed by atoms with Crippen LogP contribution < -0.4 is 10.9 Å². The van der Waals surface area contributed by atoms with Gasteiger partial charge in [-0.25, -0.2) is 0 Å². The number of nitrogens with one attached hydrogen (secondary N) is 2. The Morgan fingerprint density at radius 3 is 2.29 bits per heavy atom. The monoisotopic (exact) mass is 572 g/mol. The lowest BCUT2D eigenvalue weighted by Gasteiger charge is -2.18. The average molecular weight is 575 g/mol. The molecule has 0 bridgehead atoms. The molecule has 0 heterocycles. The van der Waals surface area contributed by atoms with Gasteiger partial charge in [0.1, 0.15) is 0 Å². The highest BCUT2D eigenvalue weighted by Gasteiger charge is 2.39. The molecule has 31 heavy (non-hydrogen) atoms. The molecule has 1 atom stereocenters. The number of hydrogen-bond acceptors (Lipinski definition) is 2. The lowest BCUT2D eigenvalue weighted by atomic mass is 9.97. The van der Waals surface area contributed by atoms with E-state index >= 15 is 0 Å². The van der Waals surface area contributed by atoms with Gasteiger partial charge in [0.05, 0.1) is 31.5 Å². The SMILES string of the molecule is CCC(=S)NNC(=O)c1ccc(/C=C/C(c2cc(Cl)c(Cl)c(Cl)c2)C(F)(F)F)cc1Br. The number of hydrogen-bond donors (Lipinski definition) is 2. The topological polar surface area (TPSA) is 41.1 Å². The van der Waals surface area contributed by atoms with Crippen LogP contribution in [0, 0.1) is 0 Å². The van der Waals surface area contributed by atoms with E-state index < -0.39 is 18.0 Å². The van der Waals surface area contributed by atoms with Crippen LogP contribution in [-0.2, 0) is 0 Å². The first-order valence-electron chi connectivity index (χ1n) is 8.72. The molecular formula is C20H15BrCl3F3N2OS. The zero-order valence-electron chi connectivity index (χ0n) is 15.8. The molecule has 0 aliphatic heterocycles. The summed E-state index contributed by atoms with van der Waals surface area (Å²) in [6.45, 7) is 1.83. The number of carbonyl (C=O) groups excluding carboxylic acids is 1. The minimum Gasteiger partial charge on any atom is -0.292 e. The highest BCUT2D eigenvalue weighted by Crippen LogP contribution is 2.41. The average Bonchev–Trinajstić information content (AvgIpc) is 2.69. The Kier molecular flexibility index (Phi) is 9.21. The molecule has 0 saturated carbocycles. The molecule has 0 fully saturated rings. The number of amides is 1. The van der Waals surface area contributed by atoms with Gasteiger partial charge in [-0.1, -0.05) is 72.2 Å². The third-order valence-electron chi connectivity index (χ3n) is 4.07. The summed E-state index contributed by atoms with van der Waals surface area (Å²) in [7, 11) is 0. The number of halogens is 7. The lowest BCUT2D eigenvalue weighted by molar-refractivity contribution is -0.139. The van der Waals surface area contributed by atoms with Gasteiger partial charge < -0.3 is 0 Å². The maximum atomic E-state index is 13.7. The molecule has 2 aromatic carbocycles. The van der Waals surface area contributed by atoms with Crippen LogP contribution in [0.15, 0.2) is 40.9 Å². The summed E-state index contributed by atoms with van der Waals surface area (Å²) >= 11 is 25.8. The van der Waals surface area contributed by atoms with Crippen LogP contribution in [-0.4, -0.2) is 17.1 Å². The van der Waals surface area contributed by atoms with Gasteiger partial charge in [-0.3, -0.25) is 15.6 Å². The van der Waals surface area contributed by atoms with E-state index in [0.717, 1.165) is 18.2 Å². The third-order valence-corrected chi connectivity index (χ3v) is 6.32. The maximum Gasteiger partial charge on any atom is 0.399 e. The standard InChI is InChI=1S/C20H15BrCl3F3N2OS/c1-2-17(31)28-29-19(30)12-5-3-10(7-14(12)21)4-6-13(20(25,26)27)11-8-15(22)18(24)16(23)9-11/h3-9,13H,2H2,1H3,(H,28,31)(H,29,30)/b6-4+. The normalized spacial score (nSPS) is 12.6. The molecule has 0 saturated heterocycles. The van der Waals surface area contributed by atoms with Crippen LogP contribution in [0.2, 0.25) is 15.1 Å². The Balaban J connectivity index is 2.28. The lowest BCUT2D eigenvalue weighted by Crippen LogP contribution is -2.40. The Labute approximate surface area is 206 Å². The number of allylic oxidation sites excluding steroid dienone is 1. The smallest absolute Gasteiger partial charge is 0.292 e. The van der Waals surface area contributed by atoms with Crippen molar-refractivity contribution in [3.63, 3.8) is 0 Å². The Morgan fingerprint density at radius 1 is 1.16 bits per heavy atom. The largest absolute Gasteiger partial charge is 0.399 e. The molecule has 166 valence electrons. The van der Waals surface area contributed by atoms with Crippen molar-refractivity contribution >= 4 is 79.9 Å². The van der Waals surface area contributed by atoms with Gasteiger partial charge in [0.25, 0.3) is 5.91 Å². The van der Waals surface area contributed by atoms with Gasteiger partial charge in [-0.2, -0.15) is 13.2 Å². The van der Waals surface area contributed by atoms with Crippen molar-refractivity contribution in [2.75, 3.05) is 0 Å². The molecule has 2 rings (SSSR count). The summed E-state index contributed by atoms with van der Waals surface area (Å²) in [6, 6.07) is 6.79. The van der Waals surface area contributed by atoms with E-state index in [-0.39, 0.29) is 26.2 Å². The van der Waals surface area contributed by atoms with E-state index in [2.05, 4.69) is 26.8 Å². The molecule has 1 unspecified atom stereocenters. The predicted octanol–water partition coefficient (Wildman–Crippen LogP) is 7.74. The van der Waals surface area contributed by atoms with Gasteiger partial charge in [0.15, 0.2) is 0 Å². The highest BCUT2D eigenvalue weighted by molar-refractivity contribution is 9.10. The van der Waals surface area contributed by atoms with Crippen molar-refractivity contribution in [3.05, 3.63) is 72.6 Å². The van der Waals surface area contributed by atoms with Crippen molar-refractivity contribution < 1.29 is 18.0 Å². The van der Waals surface area contributed by atoms with Gasteiger partial charge in [-0.15, -0.1) is 0 Å². The molecule has 0 aliphatic rings. The predicted molar refractivity (Wildman–Crippen MR) is 127 cm³/mol. The second kappa shape index (κ2) is 11.0. The first kappa shape index (κ1) is 25.9. The van der Waals surface area contributed by atoms with Crippen LogP contribution in [0.1, 0.15) is 40.7 Å².